The Bertz CT molecular complexity index is 332. The molecule has 1 atom stereocenters. The molecule has 0 radical (unpaired) electrons. The fraction of sp³-hybridized carbons (Fsp3) is 0.647. The van der Waals surface area contributed by atoms with E-state index in [1.807, 2.05) is 0 Å². The van der Waals surface area contributed by atoms with Crippen LogP contribution in [0.4, 0.5) is 0 Å². The van der Waals surface area contributed by atoms with E-state index >= 15 is 0 Å². The van der Waals surface area contributed by atoms with Crippen LogP contribution in [0.3, 0.4) is 0 Å². The van der Waals surface area contributed by atoms with E-state index in [0.29, 0.717) is 18.6 Å². The third-order valence-corrected chi connectivity index (χ3v) is 3.49. The van der Waals surface area contributed by atoms with Crippen LogP contribution < -0.4 is 5.32 Å². The molecular formula is C17H29NO. The van der Waals surface area contributed by atoms with Crippen LogP contribution in [0.5, 0.6) is 0 Å². The Hall–Kier alpha value is -0.860. The minimum absolute atomic E-state index is 0.318. The predicted molar refractivity (Wildman–Crippen MR) is 82.4 cm³/mol. The van der Waals surface area contributed by atoms with Crippen molar-refractivity contribution in [1.82, 2.24) is 5.32 Å². The number of nitrogens with one attached hydrogen (secondary N) is 1. The number of hydrogen-bond acceptors (Lipinski definition) is 2. The summed E-state index contributed by atoms with van der Waals surface area (Å²) in [6, 6.07) is 8.79. The molecule has 0 saturated carbocycles. The van der Waals surface area contributed by atoms with E-state index in [-0.39, 0.29) is 0 Å². The summed E-state index contributed by atoms with van der Waals surface area (Å²) in [5.41, 5.74) is 2.65. The van der Waals surface area contributed by atoms with Crippen molar-refractivity contribution in [3.8, 4) is 0 Å². The topological polar surface area (TPSA) is 21.3 Å². The van der Waals surface area contributed by atoms with E-state index in [1.165, 1.54) is 17.5 Å². The van der Waals surface area contributed by atoms with E-state index in [2.05, 4.69) is 57.3 Å². The Balaban J connectivity index is 2.31. The average Bonchev–Trinajstić information content (AvgIpc) is 2.42. The first-order chi connectivity index (χ1) is 9.13. The van der Waals surface area contributed by atoms with Gasteiger partial charge in [0.05, 0.1) is 12.7 Å². The summed E-state index contributed by atoms with van der Waals surface area (Å²) >= 11 is 0. The second-order valence-electron chi connectivity index (χ2n) is 5.58. The smallest absolute Gasteiger partial charge is 0.0720 e. The fourth-order valence-corrected chi connectivity index (χ4v) is 1.76. The lowest BCUT2D eigenvalue weighted by molar-refractivity contribution is 0.0235. The molecule has 0 aliphatic heterocycles. The van der Waals surface area contributed by atoms with E-state index in [1.54, 1.807) is 0 Å². The van der Waals surface area contributed by atoms with Crippen LogP contribution >= 0.6 is 0 Å². The molecule has 0 fully saturated rings. The van der Waals surface area contributed by atoms with Gasteiger partial charge in [-0.15, -0.1) is 0 Å². The quantitative estimate of drug-likeness (QED) is 0.684. The van der Waals surface area contributed by atoms with Crippen LogP contribution in [0, 0.1) is 5.92 Å². The van der Waals surface area contributed by atoms with Crippen LogP contribution in [0.1, 0.15) is 45.2 Å². The first kappa shape index (κ1) is 16.2. The highest BCUT2D eigenvalue weighted by Gasteiger charge is 2.06. The van der Waals surface area contributed by atoms with Crippen LogP contribution in [-0.2, 0) is 17.8 Å². The summed E-state index contributed by atoms with van der Waals surface area (Å²) in [4.78, 5) is 0. The molecule has 0 heterocycles. The van der Waals surface area contributed by atoms with Gasteiger partial charge in [-0.2, -0.15) is 0 Å². The largest absolute Gasteiger partial charge is 0.374 e. The molecular weight excluding hydrogens is 234 g/mol. The van der Waals surface area contributed by atoms with Gasteiger partial charge in [0, 0.05) is 0 Å². The Morgan fingerprint density at radius 3 is 2.21 bits per heavy atom. The molecule has 0 bridgehead atoms. The third-order valence-electron chi connectivity index (χ3n) is 3.49. The zero-order chi connectivity index (χ0) is 14.1. The van der Waals surface area contributed by atoms with Crippen LogP contribution in [0.2, 0.25) is 0 Å². The van der Waals surface area contributed by atoms with Crippen LogP contribution in [0.15, 0.2) is 24.3 Å². The zero-order valence-corrected chi connectivity index (χ0v) is 12.9. The van der Waals surface area contributed by atoms with Crippen molar-refractivity contribution in [2.24, 2.45) is 5.92 Å². The molecule has 0 spiro atoms. The van der Waals surface area contributed by atoms with Crippen molar-refractivity contribution in [3.05, 3.63) is 35.4 Å². The predicted octanol–water partition coefficient (Wildman–Crippen LogP) is 3.79. The van der Waals surface area contributed by atoms with Gasteiger partial charge in [-0.1, -0.05) is 45.0 Å². The minimum Gasteiger partial charge on any atom is -0.374 e. The van der Waals surface area contributed by atoms with Crippen molar-refractivity contribution in [2.45, 2.75) is 53.2 Å². The molecule has 108 valence electrons. The molecule has 2 nitrogen and oxygen atoms in total. The lowest BCUT2D eigenvalue weighted by Gasteiger charge is -2.16. The molecule has 1 aromatic rings. The Labute approximate surface area is 118 Å². The monoisotopic (exact) mass is 263 g/mol. The van der Waals surface area contributed by atoms with Gasteiger partial charge in [-0.3, -0.25) is 0 Å². The highest BCUT2D eigenvalue weighted by molar-refractivity contribution is 5.22. The molecule has 19 heavy (non-hydrogen) atoms. The molecule has 0 amide bonds. The maximum Gasteiger partial charge on any atom is 0.0720 e. The second-order valence-corrected chi connectivity index (χ2v) is 5.58. The van der Waals surface area contributed by atoms with Gasteiger partial charge in [-0.25, -0.2) is 0 Å². The summed E-state index contributed by atoms with van der Waals surface area (Å²) in [6.45, 7) is 11.6. The summed E-state index contributed by atoms with van der Waals surface area (Å²) < 4.78 is 5.83. The molecule has 0 aliphatic carbocycles. The Morgan fingerprint density at radius 1 is 1.00 bits per heavy atom. The molecule has 1 unspecified atom stereocenters. The van der Waals surface area contributed by atoms with Crippen LogP contribution in [-0.4, -0.2) is 19.2 Å². The maximum atomic E-state index is 5.83. The lowest BCUT2D eigenvalue weighted by atomic mass is 10.1. The zero-order valence-electron chi connectivity index (χ0n) is 12.9. The van der Waals surface area contributed by atoms with Gasteiger partial charge in [-0.05, 0) is 49.9 Å². The fourth-order valence-electron chi connectivity index (χ4n) is 1.76. The van der Waals surface area contributed by atoms with Gasteiger partial charge in [0.25, 0.3) is 0 Å². The third kappa shape index (κ3) is 6.74. The summed E-state index contributed by atoms with van der Waals surface area (Å²) in [5.74, 6) is 0.573. The van der Waals surface area contributed by atoms with E-state index in [9.17, 15) is 0 Å². The van der Waals surface area contributed by atoms with Gasteiger partial charge in [0.1, 0.15) is 0 Å². The van der Waals surface area contributed by atoms with Gasteiger partial charge < -0.3 is 10.1 Å². The van der Waals surface area contributed by atoms with Crippen molar-refractivity contribution >= 4 is 0 Å². The average molecular weight is 263 g/mol. The normalized spacial score (nSPS) is 12.9. The molecule has 1 rings (SSSR count). The maximum absolute atomic E-state index is 5.83. The molecule has 2 heteroatoms. The minimum atomic E-state index is 0.318. The summed E-state index contributed by atoms with van der Waals surface area (Å²) in [6.07, 6.45) is 2.62. The van der Waals surface area contributed by atoms with Crippen molar-refractivity contribution in [1.29, 1.82) is 0 Å². The SMILES string of the molecule is CCCNCCc1ccc(COC(C)C(C)C)cc1. The molecule has 1 aromatic carbocycles. The number of ether oxygens (including phenoxy) is 1. The van der Waals surface area contributed by atoms with E-state index in [4.69, 9.17) is 4.74 Å². The molecule has 1 N–H and O–H groups in total. The second kappa shape index (κ2) is 9.11. The van der Waals surface area contributed by atoms with Gasteiger partial charge >= 0.3 is 0 Å². The van der Waals surface area contributed by atoms with Gasteiger partial charge in [0.15, 0.2) is 0 Å². The van der Waals surface area contributed by atoms with E-state index < -0.39 is 0 Å². The number of benzene rings is 1. The van der Waals surface area contributed by atoms with Crippen molar-refractivity contribution in [2.75, 3.05) is 13.1 Å². The molecule has 0 saturated heterocycles. The highest BCUT2D eigenvalue weighted by atomic mass is 16.5. The van der Waals surface area contributed by atoms with Crippen LogP contribution in [0.25, 0.3) is 0 Å². The molecule has 0 aliphatic rings. The molecule has 0 aromatic heterocycles. The lowest BCUT2D eigenvalue weighted by Crippen LogP contribution is -2.17. The standard InChI is InChI=1S/C17H29NO/c1-5-11-18-12-10-16-6-8-17(9-7-16)13-19-15(4)14(2)3/h6-9,14-15,18H,5,10-13H2,1-4H3. The summed E-state index contributed by atoms with van der Waals surface area (Å²) in [7, 11) is 0. The number of hydrogen-bond donors (Lipinski definition) is 1. The van der Waals surface area contributed by atoms with Crippen molar-refractivity contribution in [3.63, 3.8) is 0 Å². The van der Waals surface area contributed by atoms with Crippen molar-refractivity contribution < 1.29 is 4.74 Å². The van der Waals surface area contributed by atoms with E-state index in [0.717, 1.165) is 19.5 Å². The first-order valence-electron chi connectivity index (χ1n) is 7.53. The Kier molecular flexibility index (Phi) is 7.76. The Morgan fingerprint density at radius 2 is 1.63 bits per heavy atom. The first-order valence-corrected chi connectivity index (χ1v) is 7.53. The summed E-state index contributed by atoms with van der Waals surface area (Å²) in [5, 5.41) is 3.43. The number of rotatable bonds is 9. The highest BCUT2D eigenvalue weighted by Crippen LogP contribution is 2.11. The van der Waals surface area contributed by atoms with Gasteiger partial charge in [0.2, 0.25) is 0 Å².